The zero-order valence-corrected chi connectivity index (χ0v) is 13.0. The number of pyridine rings is 1. The summed E-state index contributed by atoms with van der Waals surface area (Å²) in [4.78, 5) is 35.0. The largest absolute Gasteiger partial charge is 0.454 e. The molecule has 0 aliphatic rings. The van der Waals surface area contributed by atoms with E-state index in [1.807, 2.05) is 26.0 Å². The average Bonchev–Trinajstić information content (AvgIpc) is 2.52. The third-order valence-electron chi connectivity index (χ3n) is 3.44. The zero-order chi connectivity index (χ0) is 16.8. The van der Waals surface area contributed by atoms with Crippen LogP contribution in [0.1, 0.15) is 11.1 Å². The first-order valence-electron chi connectivity index (χ1n) is 7.14. The van der Waals surface area contributed by atoms with E-state index in [1.165, 1.54) is 16.8 Å². The maximum absolute atomic E-state index is 11.8. The summed E-state index contributed by atoms with van der Waals surface area (Å²) in [5.41, 5.74) is 2.40. The Morgan fingerprint density at radius 3 is 2.65 bits per heavy atom. The van der Waals surface area contributed by atoms with E-state index in [1.54, 1.807) is 18.2 Å². The van der Waals surface area contributed by atoms with Crippen LogP contribution in [0.2, 0.25) is 0 Å². The van der Waals surface area contributed by atoms with E-state index >= 15 is 0 Å². The first kappa shape index (κ1) is 16.5. The van der Waals surface area contributed by atoms with E-state index in [9.17, 15) is 14.4 Å². The predicted octanol–water partition coefficient (Wildman–Crippen LogP) is 1.65. The number of rotatable bonds is 5. The summed E-state index contributed by atoms with van der Waals surface area (Å²) >= 11 is 0. The number of aryl methyl sites for hydroxylation is 1. The number of anilines is 1. The highest BCUT2D eigenvalue weighted by Crippen LogP contribution is 2.17. The lowest BCUT2D eigenvalue weighted by Crippen LogP contribution is -2.27. The Labute approximate surface area is 133 Å². The van der Waals surface area contributed by atoms with Crippen LogP contribution in [0.15, 0.2) is 47.4 Å². The number of aromatic nitrogens is 1. The molecule has 6 heteroatoms. The minimum absolute atomic E-state index is 0.226. The highest BCUT2D eigenvalue weighted by Gasteiger charge is 2.10. The van der Waals surface area contributed by atoms with Gasteiger partial charge in [-0.2, -0.15) is 0 Å². The van der Waals surface area contributed by atoms with Crippen molar-refractivity contribution in [3.63, 3.8) is 0 Å². The molecule has 0 radical (unpaired) electrons. The fourth-order valence-electron chi connectivity index (χ4n) is 1.99. The van der Waals surface area contributed by atoms with Gasteiger partial charge in [-0.05, 0) is 37.1 Å². The smallest absolute Gasteiger partial charge is 0.326 e. The van der Waals surface area contributed by atoms with Gasteiger partial charge in [-0.1, -0.05) is 18.2 Å². The number of amides is 1. The Morgan fingerprint density at radius 1 is 1.13 bits per heavy atom. The number of nitrogens with one attached hydrogen (secondary N) is 1. The van der Waals surface area contributed by atoms with Crippen LogP contribution in [0.5, 0.6) is 0 Å². The molecule has 1 aromatic carbocycles. The summed E-state index contributed by atoms with van der Waals surface area (Å²) < 4.78 is 6.11. The number of nitrogens with zero attached hydrogens (tertiary/aromatic N) is 1. The van der Waals surface area contributed by atoms with Gasteiger partial charge < -0.3 is 14.6 Å². The van der Waals surface area contributed by atoms with Crippen LogP contribution < -0.4 is 10.9 Å². The third-order valence-corrected chi connectivity index (χ3v) is 3.44. The molecule has 120 valence electrons. The molecule has 2 rings (SSSR count). The monoisotopic (exact) mass is 314 g/mol. The maximum atomic E-state index is 11.8. The summed E-state index contributed by atoms with van der Waals surface area (Å²) in [6.45, 7) is 3.23. The average molecular weight is 314 g/mol. The molecule has 0 aliphatic heterocycles. The molecule has 0 fully saturated rings. The van der Waals surface area contributed by atoms with Crippen molar-refractivity contribution < 1.29 is 14.3 Å². The quantitative estimate of drug-likeness (QED) is 0.851. The van der Waals surface area contributed by atoms with E-state index in [-0.39, 0.29) is 12.1 Å². The molecule has 0 saturated heterocycles. The van der Waals surface area contributed by atoms with Gasteiger partial charge in [0.2, 0.25) is 0 Å². The van der Waals surface area contributed by atoms with Crippen molar-refractivity contribution in [1.29, 1.82) is 0 Å². The minimum atomic E-state index is -0.644. The normalized spacial score (nSPS) is 10.2. The van der Waals surface area contributed by atoms with Gasteiger partial charge >= 0.3 is 5.97 Å². The van der Waals surface area contributed by atoms with Gasteiger partial charge in [0.15, 0.2) is 6.61 Å². The number of esters is 1. The van der Waals surface area contributed by atoms with E-state index in [0.717, 1.165) is 11.1 Å². The first-order valence-corrected chi connectivity index (χ1v) is 7.14. The lowest BCUT2D eigenvalue weighted by Gasteiger charge is -2.11. The van der Waals surface area contributed by atoms with Crippen LogP contribution in [0, 0.1) is 13.8 Å². The van der Waals surface area contributed by atoms with E-state index in [4.69, 9.17) is 4.74 Å². The number of ether oxygens (including phenoxy) is 1. The highest BCUT2D eigenvalue weighted by atomic mass is 16.5. The molecule has 0 aliphatic carbocycles. The van der Waals surface area contributed by atoms with Gasteiger partial charge in [-0.25, -0.2) is 0 Å². The Bertz CT molecular complexity index is 780. The maximum Gasteiger partial charge on any atom is 0.326 e. The Balaban J connectivity index is 1.87. The summed E-state index contributed by atoms with van der Waals surface area (Å²) in [5.74, 6) is -1.07. The van der Waals surface area contributed by atoms with Crippen molar-refractivity contribution in [1.82, 2.24) is 4.57 Å². The van der Waals surface area contributed by atoms with Crippen LogP contribution in [0.25, 0.3) is 0 Å². The molecule has 6 nitrogen and oxygen atoms in total. The molecule has 1 heterocycles. The van der Waals surface area contributed by atoms with Gasteiger partial charge in [0.05, 0.1) is 0 Å². The number of benzene rings is 1. The Morgan fingerprint density at radius 2 is 1.91 bits per heavy atom. The fourth-order valence-corrected chi connectivity index (χ4v) is 1.99. The molecule has 2 aromatic rings. The molecule has 0 saturated carbocycles. The Hall–Kier alpha value is -2.89. The molecule has 23 heavy (non-hydrogen) atoms. The first-order chi connectivity index (χ1) is 11.0. The van der Waals surface area contributed by atoms with Crippen molar-refractivity contribution in [3.05, 3.63) is 64.1 Å². The summed E-state index contributed by atoms with van der Waals surface area (Å²) in [7, 11) is 0. The number of hydrogen-bond acceptors (Lipinski definition) is 4. The lowest BCUT2D eigenvalue weighted by atomic mass is 10.1. The van der Waals surface area contributed by atoms with Crippen molar-refractivity contribution in [2.75, 3.05) is 11.9 Å². The van der Waals surface area contributed by atoms with Crippen LogP contribution in [0.3, 0.4) is 0 Å². The fraction of sp³-hybridized carbons (Fsp3) is 0.235. The SMILES string of the molecule is Cc1cccc(NC(=O)COC(=O)Cn2ccccc2=O)c1C. The van der Waals surface area contributed by atoms with Crippen molar-refractivity contribution in [2.45, 2.75) is 20.4 Å². The van der Waals surface area contributed by atoms with Gasteiger partial charge in [0.1, 0.15) is 6.54 Å². The summed E-state index contributed by atoms with van der Waals surface area (Å²) in [6.07, 6.45) is 1.49. The highest BCUT2D eigenvalue weighted by molar-refractivity contribution is 5.93. The van der Waals surface area contributed by atoms with Crippen molar-refractivity contribution in [3.8, 4) is 0 Å². The van der Waals surface area contributed by atoms with Crippen molar-refractivity contribution >= 4 is 17.6 Å². The lowest BCUT2D eigenvalue weighted by molar-refractivity contribution is -0.147. The van der Waals surface area contributed by atoms with Crippen LogP contribution in [-0.4, -0.2) is 23.1 Å². The van der Waals surface area contributed by atoms with E-state index < -0.39 is 18.5 Å². The number of carbonyl (C=O) groups is 2. The molecular formula is C17H18N2O4. The molecule has 1 N–H and O–H groups in total. The number of carbonyl (C=O) groups excluding carboxylic acids is 2. The molecule has 0 unspecified atom stereocenters. The molecule has 1 amide bonds. The number of hydrogen-bond donors (Lipinski definition) is 1. The molecule has 0 atom stereocenters. The van der Waals surface area contributed by atoms with Gasteiger partial charge in [0, 0.05) is 18.0 Å². The minimum Gasteiger partial charge on any atom is -0.454 e. The molecule has 0 bridgehead atoms. The third kappa shape index (κ3) is 4.54. The second kappa shape index (κ2) is 7.40. The molecule has 1 aromatic heterocycles. The second-order valence-corrected chi connectivity index (χ2v) is 5.12. The zero-order valence-electron chi connectivity index (χ0n) is 13.0. The topological polar surface area (TPSA) is 77.4 Å². The molecule has 0 spiro atoms. The second-order valence-electron chi connectivity index (χ2n) is 5.12. The molecular weight excluding hydrogens is 296 g/mol. The summed E-state index contributed by atoms with van der Waals surface area (Å²) in [5, 5.41) is 2.70. The van der Waals surface area contributed by atoms with Gasteiger partial charge in [0.25, 0.3) is 11.5 Å². The van der Waals surface area contributed by atoms with Crippen molar-refractivity contribution in [2.24, 2.45) is 0 Å². The van der Waals surface area contributed by atoms with E-state index in [0.29, 0.717) is 5.69 Å². The standard InChI is InChI=1S/C17H18N2O4/c1-12-6-5-7-14(13(12)2)18-15(20)11-23-17(22)10-19-9-4-3-8-16(19)21/h3-9H,10-11H2,1-2H3,(H,18,20). The van der Waals surface area contributed by atoms with E-state index in [2.05, 4.69) is 5.32 Å². The van der Waals surface area contributed by atoms with Crippen LogP contribution >= 0.6 is 0 Å². The van der Waals surface area contributed by atoms with Gasteiger partial charge in [-0.3, -0.25) is 14.4 Å². The van der Waals surface area contributed by atoms with Crippen LogP contribution in [-0.2, 0) is 20.9 Å². The predicted molar refractivity (Wildman–Crippen MR) is 86.2 cm³/mol. The van der Waals surface area contributed by atoms with Crippen LogP contribution in [0.4, 0.5) is 5.69 Å². The van der Waals surface area contributed by atoms with Gasteiger partial charge in [-0.15, -0.1) is 0 Å². The Kier molecular flexibility index (Phi) is 5.30. The summed E-state index contributed by atoms with van der Waals surface area (Å²) in [6, 6.07) is 10.1.